The first kappa shape index (κ1) is 16.2. The first-order valence-corrected chi connectivity index (χ1v) is 7.81. The van der Waals surface area contributed by atoms with E-state index >= 15 is 0 Å². The SMILES string of the molecule is CCC[C@@H](C)C1(CC)C(=O)NC(=Nc2ccccc2)NC1=O. The number of hydrogen-bond donors (Lipinski definition) is 2. The monoisotopic (exact) mass is 301 g/mol. The normalized spacial score (nSPS) is 22.8. The maximum absolute atomic E-state index is 12.6. The van der Waals surface area contributed by atoms with Gasteiger partial charge in [-0.2, -0.15) is 0 Å². The topological polar surface area (TPSA) is 70.6 Å². The van der Waals surface area contributed by atoms with Crippen molar-refractivity contribution in [1.82, 2.24) is 10.6 Å². The zero-order chi connectivity index (χ0) is 16.2. The molecule has 0 unspecified atom stereocenters. The summed E-state index contributed by atoms with van der Waals surface area (Å²) in [5.41, 5.74) is -0.324. The zero-order valence-electron chi connectivity index (χ0n) is 13.3. The van der Waals surface area contributed by atoms with Crippen LogP contribution in [0.4, 0.5) is 5.69 Å². The fourth-order valence-corrected chi connectivity index (χ4v) is 3.06. The van der Waals surface area contributed by atoms with E-state index in [9.17, 15) is 9.59 Å². The van der Waals surface area contributed by atoms with Crippen LogP contribution >= 0.6 is 0 Å². The van der Waals surface area contributed by atoms with Gasteiger partial charge in [-0.3, -0.25) is 20.2 Å². The highest BCUT2D eigenvalue weighted by atomic mass is 16.2. The van der Waals surface area contributed by atoms with Crippen molar-refractivity contribution in [3.05, 3.63) is 30.3 Å². The number of rotatable bonds is 5. The van der Waals surface area contributed by atoms with Crippen LogP contribution in [0.5, 0.6) is 0 Å². The van der Waals surface area contributed by atoms with Gasteiger partial charge in [0.1, 0.15) is 5.41 Å². The van der Waals surface area contributed by atoms with Gasteiger partial charge < -0.3 is 0 Å². The number of nitrogens with one attached hydrogen (secondary N) is 2. The Morgan fingerprint density at radius 1 is 1.09 bits per heavy atom. The third-order valence-electron chi connectivity index (χ3n) is 4.39. The molecular weight excluding hydrogens is 278 g/mol. The number of nitrogens with zero attached hydrogens (tertiary/aromatic N) is 1. The molecule has 1 fully saturated rings. The second-order valence-electron chi connectivity index (χ2n) is 5.72. The average Bonchev–Trinajstić information content (AvgIpc) is 2.49. The summed E-state index contributed by atoms with van der Waals surface area (Å²) in [6, 6.07) is 9.21. The first-order valence-electron chi connectivity index (χ1n) is 7.81. The Balaban J connectivity index is 2.27. The third kappa shape index (κ3) is 2.89. The first-order chi connectivity index (χ1) is 10.5. The molecule has 0 radical (unpaired) electrons. The summed E-state index contributed by atoms with van der Waals surface area (Å²) in [4.78, 5) is 29.5. The molecule has 22 heavy (non-hydrogen) atoms. The molecule has 1 aliphatic rings. The molecule has 1 aromatic rings. The van der Waals surface area contributed by atoms with E-state index in [0.29, 0.717) is 12.1 Å². The summed E-state index contributed by atoms with van der Waals surface area (Å²) in [5.74, 6) is -0.321. The average molecular weight is 301 g/mol. The molecule has 5 nitrogen and oxygen atoms in total. The Kier molecular flexibility index (Phi) is 4.96. The standard InChI is InChI=1S/C17H23N3O2/c1-4-9-12(3)17(5-2)14(21)19-16(20-15(17)22)18-13-10-7-6-8-11-13/h6-8,10-12H,4-5,9H2,1-3H3,(H2,18,19,20,21,22)/t12-/m1/s1. The lowest BCUT2D eigenvalue weighted by Crippen LogP contribution is -2.64. The van der Waals surface area contributed by atoms with Gasteiger partial charge in [0.05, 0.1) is 5.69 Å². The molecule has 0 bridgehead atoms. The summed E-state index contributed by atoms with van der Waals surface area (Å²) >= 11 is 0. The van der Waals surface area contributed by atoms with Crippen molar-refractivity contribution in [3.8, 4) is 0 Å². The lowest BCUT2D eigenvalue weighted by Gasteiger charge is -2.38. The predicted octanol–water partition coefficient (Wildman–Crippen LogP) is 2.75. The molecule has 0 spiro atoms. The van der Waals surface area contributed by atoms with Crippen molar-refractivity contribution in [2.75, 3.05) is 0 Å². The molecule has 2 N–H and O–H groups in total. The lowest BCUT2D eigenvalue weighted by atomic mass is 9.70. The van der Waals surface area contributed by atoms with Gasteiger partial charge in [0.25, 0.3) is 0 Å². The summed E-state index contributed by atoms with van der Waals surface area (Å²) in [7, 11) is 0. The van der Waals surface area contributed by atoms with E-state index in [2.05, 4.69) is 22.5 Å². The van der Waals surface area contributed by atoms with E-state index in [1.54, 1.807) is 0 Å². The van der Waals surface area contributed by atoms with Crippen LogP contribution in [0.25, 0.3) is 0 Å². The van der Waals surface area contributed by atoms with Gasteiger partial charge in [0, 0.05) is 0 Å². The summed E-state index contributed by atoms with van der Waals surface area (Å²) < 4.78 is 0. The minimum atomic E-state index is -1.01. The summed E-state index contributed by atoms with van der Waals surface area (Å²) in [5, 5.41) is 5.51. The number of guanidine groups is 1. The maximum Gasteiger partial charge on any atom is 0.242 e. The quantitative estimate of drug-likeness (QED) is 0.821. The molecule has 5 heteroatoms. The van der Waals surface area contributed by atoms with Crippen LogP contribution in [0.1, 0.15) is 40.0 Å². The fraction of sp³-hybridized carbons (Fsp3) is 0.471. The van der Waals surface area contributed by atoms with Crippen molar-refractivity contribution in [3.63, 3.8) is 0 Å². The van der Waals surface area contributed by atoms with Crippen molar-refractivity contribution in [2.45, 2.75) is 40.0 Å². The lowest BCUT2D eigenvalue weighted by molar-refractivity contribution is -0.147. The molecule has 1 heterocycles. The highest BCUT2D eigenvalue weighted by molar-refractivity contribution is 6.20. The van der Waals surface area contributed by atoms with E-state index in [1.165, 1.54) is 0 Å². The van der Waals surface area contributed by atoms with Gasteiger partial charge in [-0.25, -0.2) is 4.99 Å². The van der Waals surface area contributed by atoms with Gasteiger partial charge in [0.2, 0.25) is 17.8 Å². The molecule has 0 saturated carbocycles. The van der Waals surface area contributed by atoms with Crippen molar-refractivity contribution >= 4 is 23.5 Å². The van der Waals surface area contributed by atoms with Crippen LogP contribution in [0.3, 0.4) is 0 Å². The van der Waals surface area contributed by atoms with Crippen LogP contribution < -0.4 is 10.6 Å². The molecule has 1 aromatic carbocycles. The highest BCUT2D eigenvalue weighted by Crippen LogP contribution is 2.36. The Bertz CT molecular complexity index is 561. The number of benzene rings is 1. The minimum absolute atomic E-state index is 0.0132. The van der Waals surface area contributed by atoms with E-state index in [4.69, 9.17) is 0 Å². The Hall–Kier alpha value is -2.17. The molecule has 2 amide bonds. The van der Waals surface area contributed by atoms with E-state index < -0.39 is 5.41 Å². The van der Waals surface area contributed by atoms with Crippen LogP contribution in [-0.2, 0) is 9.59 Å². The van der Waals surface area contributed by atoms with E-state index in [1.807, 2.05) is 44.2 Å². The smallest absolute Gasteiger partial charge is 0.242 e. The predicted molar refractivity (Wildman–Crippen MR) is 86.6 cm³/mol. The van der Waals surface area contributed by atoms with E-state index in [-0.39, 0.29) is 23.7 Å². The zero-order valence-corrected chi connectivity index (χ0v) is 13.3. The van der Waals surface area contributed by atoms with Crippen LogP contribution in [-0.4, -0.2) is 17.8 Å². The second-order valence-corrected chi connectivity index (χ2v) is 5.72. The van der Waals surface area contributed by atoms with Crippen molar-refractivity contribution in [1.29, 1.82) is 0 Å². The molecule has 1 saturated heterocycles. The number of para-hydroxylation sites is 1. The third-order valence-corrected chi connectivity index (χ3v) is 4.39. The number of aliphatic imine (C=N–C) groups is 1. The van der Waals surface area contributed by atoms with Gasteiger partial charge in [-0.15, -0.1) is 0 Å². The van der Waals surface area contributed by atoms with Crippen LogP contribution in [0.2, 0.25) is 0 Å². The number of carbonyl (C=O) groups excluding carboxylic acids is 2. The fourth-order valence-electron chi connectivity index (χ4n) is 3.06. The molecular formula is C17H23N3O2. The molecule has 1 aliphatic heterocycles. The van der Waals surface area contributed by atoms with Crippen LogP contribution in [0.15, 0.2) is 35.3 Å². The molecule has 118 valence electrons. The summed E-state index contributed by atoms with van der Waals surface area (Å²) in [6.07, 6.45) is 2.25. The summed E-state index contributed by atoms with van der Waals surface area (Å²) in [6.45, 7) is 5.90. The van der Waals surface area contributed by atoms with Gasteiger partial charge in [-0.05, 0) is 30.9 Å². The largest absolute Gasteiger partial charge is 0.295 e. The van der Waals surface area contributed by atoms with Crippen LogP contribution in [0, 0.1) is 11.3 Å². The Morgan fingerprint density at radius 2 is 1.68 bits per heavy atom. The number of carbonyl (C=O) groups is 2. The highest BCUT2D eigenvalue weighted by Gasteiger charge is 2.51. The Labute approximate surface area is 131 Å². The minimum Gasteiger partial charge on any atom is -0.295 e. The van der Waals surface area contributed by atoms with Crippen molar-refractivity contribution in [2.24, 2.45) is 16.3 Å². The van der Waals surface area contributed by atoms with Gasteiger partial charge >= 0.3 is 0 Å². The molecule has 1 atom stereocenters. The second kappa shape index (κ2) is 6.73. The molecule has 0 aliphatic carbocycles. The number of hydrogen-bond acceptors (Lipinski definition) is 3. The van der Waals surface area contributed by atoms with Gasteiger partial charge in [0.15, 0.2) is 0 Å². The Morgan fingerprint density at radius 3 is 2.18 bits per heavy atom. The molecule has 0 aromatic heterocycles. The van der Waals surface area contributed by atoms with E-state index in [0.717, 1.165) is 12.8 Å². The van der Waals surface area contributed by atoms with Crippen molar-refractivity contribution < 1.29 is 9.59 Å². The maximum atomic E-state index is 12.6. The van der Waals surface area contributed by atoms with Gasteiger partial charge in [-0.1, -0.05) is 45.4 Å². The number of amides is 2. The molecule has 2 rings (SSSR count).